The van der Waals surface area contributed by atoms with Crippen LogP contribution in [0.1, 0.15) is 5.56 Å². The minimum Gasteiger partial charge on any atom is -0.397 e. The second kappa shape index (κ2) is 4.52. The first-order valence-electron chi connectivity index (χ1n) is 4.06. The number of rotatable bonds is 4. The van der Waals surface area contributed by atoms with Gasteiger partial charge in [0.05, 0.1) is 24.6 Å². The summed E-state index contributed by atoms with van der Waals surface area (Å²) in [6.45, 7) is 4.64. The van der Waals surface area contributed by atoms with Crippen LogP contribution in [-0.4, -0.2) is 6.61 Å². The Bertz CT molecular complexity index is 297. The van der Waals surface area contributed by atoms with Gasteiger partial charge >= 0.3 is 0 Å². The lowest BCUT2D eigenvalue weighted by Gasteiger charge is -2.04. The van der Waals surface area contributed by atoms with Gasteiger partial charge in [0.25, 0.3) is 0 Å². The predicted molar refractivity (Wildman–Crippen MR) is 55.1 cm³/mol. The highest BCUT2D eigenvalue weighted by Crippen LogP contribution is 2.16. The van der Waals surface area contributed by atoms with Gasteiger partial charge in [-0.1, -0.05) is 12.1 Å². The molecule has 0 spiro atoms. The Labute approximate surface area is 78.0 Å². The molecule has 0 unspecified atom stereocenters. The van der Waals surface area contributed by atoms with E-state index in [1.165, 1.54) is 0 Å². The molecular weight excluding hydrogens is 164 g/mol. The van der Waals surface area contributed by atoms with Crippen molar-refractivity contribution in [3.63, 3.8) is 0 Å². The summed E-state index contributed by atoms with van der Waals surface area (Å²) in [7, 11) is 0. The monoisotopic (exact) mass is 178 g/mol. The molecule has 0 atom stereocenters. The second-order valence-corrected chi connectivity index (χ2v) is 2.77. The van der Waals surface area contributed by atoms with E-state index in [1.54, 1.807) is 12.1 Å². The van der Waals surface area contributed by atoms with Gasteiger partial charge in [-0.3, -0.25) is 0 Å². The Morgan fingerprint density at radius 1 is 1.31 bits per heavy atom. The molecule has 0 aromatic heterocycles. The highest BCUT2D eigenvalue weighted by molar-refractivity contribution is 5.63. The van der Waals surface area contributed by atoms with Crippen molar-refractivity contribution in [1.29, 1.82) is 0 Å². The summed E-state index contributed by atoms with van der Waals surface area (Å²) in [6, 6.07) is 5.50. The van der Waals surface area contributed by atoms with Crippen LogP contribution in [0, 0.1) is 0 Å². The van der Waals surface area contributed by atoms with Crippen LogP contribution in [0.15, 0.2) is 30.9 Å². The quantitative estimate of drug-likeness (QED) is 0.418. The minimum atomic E-state index is 0.538. The molecule has 0 fully saturated rings. The SMILES string of the molecule is C=CCOCc1ccc(N)c(N)c1. The number of anilines is 2. The predicted octanol–water partition coefficient (Wildman–Crippen LogP) is 1.55. The number of hydrogen-bond donors (Lipinski definition) is 2. The highest BCUT2D eigenvalue weighted by Gasteiger charge is 1.96. The van der Waals surface area contributed by atoms with Gasteiger partial charge < -0.3 is 16.2 Å². The number of ether oxygens (including phenoxy) is 1. The molecule has 0 saturated carbocycles. The third-order valence-electron chi connectivity index (χ3n) is 1.66. The maximum Gasteiger partial charge on any atom is 0.0721 e. The average Bonchev–Trinajstić information content (AvgIpc) is 2.12. The van der Waals surface area contributed by atoms with Crippen LogP contribution in [0.3, 0.4) is 0 Å². The van der Waals surface area contributed by atoms with Gasteiger partial charge in [-0.2, -0.15) is 0 Å². The smallest absolute Gasteiger partial charge is 0.0721 e. The topological polar surface area (TPSA) is 61.3 Å². The summed E-state index contributed by atoms with van der Waals surface area (Å²) in [5, 5.41) is 0. The first kappa shape index (κ1) is 9.61. The molecule has 0 aliphatic rings. The van der Waals surface area contributed by atoms with Crippen LogP contribution >= 0.6 is 0 Å². The van der Waals surface area contributed by atoms with Gasteiger partial charge in [0, 0.05) is 0 Å². The van der Waals surface area contributed by atoms with Gasteiger partial charge in [0.15, 0.2) is 0 Å². The van der Waals surface area contributed by atoms with Gasteiger partial charge in [-0.25, -0.2) is 0 Å². The van der Waals surface area contributed by atoms with Crippen molar-refractivity contribution in [3.8, 4) is 0 Å². The molecule has 0 amide bonds. The zero-order valence-electron chi connectivity index (χ0n) is 7.49. The average molecular weight is 178 g/mol. The van der Waals surface area contributed by atoms with Gasteiger partial charge in [0.2, 0.25) is 0 Å². The second-order valence-electron chi connectivity index (χ2n) is 2.77. The summed E-state index contributed by atoms with van der Waals surface area (Å²) >= 11 is 0. The zero-order valence-corrected chi connectivity index (χ0v) is 7.49. The lowest BCUT2D eigenvalue weighted by atomic mass is 10.2. The van der Waals surface area contributed by atoms with Crippen LogP contribution in [-0.2, 0) is 11.3 Å². The normalized spacial score (nSPS) is 9.85. The van der Waals surface area contributed by atoms with E-state index in [4.69, 9.17) is 16.2 Å². The molecule has 0 bridgehead atoms. The van der Waals surface area contributed by atoms with E-state index in [-0.39, 0.29) is 0 Å². The molecule has 0 aliphatic carbocycles. The Hall–Kier alpha value is -1.48. The van der Waals surface area contributed by atoms with E-state index in [1.807, 2.05) is 12.1 Å². The summed E-state index contributed by atoms with van der Waals surface area (Å²) in [5.41, 5.74) is 13.4. The van der Waals surface area contributed by atoms with Crippen LogP contribution in [0.2, 0.25) is 0 Å². The molecule has 0 radical (unpaired) electrons. The van der Waals surface area contributed by atoms with Crippen LogP contribution in [0.4, 0.5) is 11.4 Å². The Kier molecular flexibility index (Phi) is 3.34. The molecule has 0 aliphatic heterocycles. The van der Waals surface area contributed by atoms with E-state index < -0.39 is 0 Å². The van der Waals surface area contributed by atoms with E-state index in [2.05, 4.69) is 6.58 Å². The molecule has 0 heterocycles. The molecule has 0 saturated heterocycles. The van der Waals surface area contributed by atoms with Crippen molar-refractivity contribution in [3.05, 3.63) is 36.4 Å². The molecule has 3 nitrogen and oxygen atoms in total. The summed E-state index contributed by atoms with van der Waals surface area (Å²) < 4.78 is 5.25. The zero-order chi connectivity index (χ0) is 9.68. The van der Waals surface area contributed by atoms with E-state index in [0.29, 0.717) is 24.6 Å². The molecule has 1 aromatic carbocycles. The number of benzene rings is 1. The summed E-state index contributed by atoms with van der Waals surface area (Å²) in [4.78, 5) is 0. The summed E-state index contributed by atoms with van der Waals surface area (Å²) in [6.07, 6.45) is 1.71. The van der Waals surface area contributed by atoms with Crippen molar-refractivity contribution in [2.24, 2.45) is 0 Å². The Morgan fingerprint density at radius 3 is 2.69 bits per heavy atom. The fourth-order valence-corrected chi connectivity index (χ4v) is 0.974. The Balaban J connectivity index is 2.57. The number of nitrogens with two attached hydrogens (primary N) is 2. The third kappa shape index (κ3) is 2.80. The van der Waals surface area contributed by atoms with Gasteiger partial charge in [0.1, 0.15) is 0 Å². The molecule has 4 N–H and O–H groups in total. The van der Waals surface area contributed by atoms with Crippen LogP contribution in [0.5, 0.6) is 0 Å². The van der Waals surface area contributed by atoms with Crippen molar-refractivity contribution < 1.29 is 4.74 Å². The summed E-state index contributed by atoms with van der Waals surface area (Å²) in [5.74, 6) is 0. The fraction of sp³-hybridized carbons (Fsp3) is 0.200. The first-order valence-corrected chi connectivity index (χ1v) is 4.06. The molecule has 3 heteroatoms. The van der Waals surface area contributed by atoms with Crippen LogP contribution < -0.4 is 11.5 Å². The van der Waals surface area contributed by atoms with E-state index in [9.17, 15) is 0 Å². The minimum absolute atomic E-state index is 0.538. The number of hydrogen-bond acceptors (Lipinski definition) is 3. The Morgan fingerprint density at radius 2 is 2.08 bits per heavy atom. The first-order chi connectivity index (χ1) is 6.24. The van der Waals surface area contributed by atoms with Crippen LogP contribution in [0.25, 0.3) is 0 Å². The third-order valence-corrected chi connectivity index (χ3v) is 1.66. The maximum absolute atomic E-state index is 5.62. The van der Waals surface area contributed by atoms with Crippen molar-refractivity contribution in [2.75, 3.05) is 18.1 Å². The highest BCUT2D eigenvalue weighted by atomic mass is 16.5. The molecule has 13 heavy (non-hydrogen) atoms. The molecular formula is C10H14N2O. The van der Waals surface area contributed by atoms with Gasteiger partial charge in [-0.15, -0.1) is 6.58 Å². The number of nitrogen functional groups attached to an aromatic ring is 2. The molecule has 70 valence electrons. The van der Waals surface area contributed by atoms with Gasteiger partial charge in [-0.05, 0) is 17.7 Å². The van der Waals surface area contributed by atoms with E-state index in [0.717, 1.165) is 5.56 Å². The van der Waals surface area contributed by atoms with Crippen molar-refractivity contribution in [1.82, 2.24) is 0 Å². The molecule has 1 aromatic rings. The lowest BCUT2D eigenvalue weighted by Crippen LogP contribution is -1.97. The van der Waals surface area contributed by atoms with E-state index >= 15 is 0 Å². The standard InChI is InChI=1S/C10H14N2O/c1-2-5-13-7-8-3-4-9(11)10(12)6-8/h2-4,6H,1,5,7,11-12H2. The van der Waals surface area contributed by atoms with Crippen molar-refractivity contribution in [2.45, 2.75) is 6.61 Å². The largest absolute Gasteiger partial charge is 0.397 e. The lowest BCUT2D eigenvalue weighted by molar-refractivity contribution is 0.149. The van der Waals surface area contributed by atoms with Crippen molar-refractivity contribution >= 4 is 11.4 Å². The maximum atomic E-state index is 5.62. The fourth-order valence-electron chi connectivity index (χ4n) is 0.974. The molecule has 1 rings (SSSR count).